The van der Waals surface area contributed by atoms with Gasteiger partial charge in [0.25, 0.3) is 0 Å². The van der Waals surface area contributed by atoms with Gasteiger partial charge in [-0.25, -0.2) is 0 Å². The molecule has 9 heavy (non-hydrogen) atoms. The average Bonchev–Trinajstić information content (AvgIpc) is 1.64. The normalized spacial score (nSPS) is 15.1. The Morgan fingerprint density at radius 3 is 2.11 bits per heavy atom. The van der Waals surface area contributed by atoms with Gasteiger partial charge in [0.15, 0.2) is 6.10 Å². The van der Waals surface area contributed by atoms with Crippen LogP contribution in [0.1, 0.15) is 0 Å². The highest BCUT2D eigenvalue weighted by atomic mass is 19.4. The Bertz CT molecular complexity index is 100. The third kappa shape index (κ3) is 3.07. The maximum Gasteiger partial charge on any atom is 0.416 e. The molecule has 0 saturated heterocycles. The number of alkyl halides is 3. The lowest BCUT2D eigenvalue weighted by Crippen LogP contribution is -2.30. The van der Waals surface area contributed by atoms with E-state index in [0.717, 1.165) is 0 Å². The van der Waals surface area contributed by atoms with Crippen LogP contribution < -0.4 is 0 Å². The molecule has 0 heterocycles. The molecule has 1 N–H and O–H groups in total. The summed E-state index contributed by atoms with van der Waals surface area (Å²) in [6.45, 7) is 2.11. The van der Waals surface area contributed by atoms with E-state index >= 15 is 0 Å². The smallest absolute Gasteiger partial charge is 0.382 e. The largest absolute Gasteiger partial charge is 0.416 e. The molecule has 0 aliphatic rings. The van der Waals surface area contributed by atoms with E-state index in [2.05, 4.69) is 11.7 Å². The number of hydrogen-bond donors (Lipinski definition) is 1. The van der Waals surface area contributed by atoms with Crippen molar-refractivity contribution >= 4 is 6.72 Å². The maximum absolute atomic E-state index is 11.3. The molecular weight excluding hydrogens is 135 g/mol. The Kier molecular flexibility index (Phi) is 2.64. The van der Waals surface area contributed by atoms with Gasteiger partial charge >= 0.3 is 6.18 Å². The number of hydrogen-bond acceptors (Lipinski definition) is 2. The predicted octanol–water partition coefficient (Wildman–Crippen LogP) is 0.610. The van der Waals surface area contributed by atoms with Gasteiger partial charge in [-0.2, -0.15) is 13.2 Å². The molecule has 0 aliphatic heterocycles. The molecule has 0 spiro atoms. The Hall–Kier alpha value is -0.580. The van der Waals surface area contributed by atoms with E-state index in [-0.39, 0.29) is 0 Å². The zero-order valence-corrected chi connectivity index (χ0v) is 4.52. The molecule has 0 aromatic rings. The molecule has 1 atom stereocenters. The fraction of sp³-hybridized carbons (Fsp3) is 0.750. The second-order valence-electron chi connectivity index (χ2n) is 1.46. The van der Waals surface area contributed by atoms with Crippen LogP contribution in [0, 0.1) is 0 Å². The molecule has 0 bridgehead atoms. The molecule has 0 radical (unpaired) electrons. The van der Waals surface area contributed by atoms with E-state index in [1.807, 2.05) is 0 Å². The van der Waals surface area contributed by atoms with Crippen molar-refractivity contribution in [2.45, 2.75) is 12.3 Å². The lowest BCUT2D eigenvalue weighted by molar-refractivity contribution is -0.199. The van der Waals surface area contributed by atoms with Crippen LogP contribution in [0.2, 0.25) is 0 Å². The van der Waals surface area contributed by atoms with Crippen molar-refractivity contribution in [3.63, 3.8) is 0 Å². The third-order valence-electron chi connectivity index (χ3n) is 0.680. The number of aliphatic hydroxyl groups is 1. The second-order valence-corrected chi connectivity index (χ2v) is 1.46. The molecule has 1 unspecified atom stereocenters. The van der Waals surface area contributed by atoms with Gasteiger partial charge in [0.1, 0.15) is 0 Å². The van der Waals surface area contributed by atoms with Crippen molar-refractivity contribution in [3.05, 3.63) is 0 Å². The monoisotopic (exact) mass is 141 g/mol. The van der Waals surface area contributed by atoms with Crippen LogP contribution in [0.25, 0.3) is 0 Å². The van der Waals surface area contributed by atoms with Crippen LogP contribution in [0.4, 0.5) is 13.2 Å². The summed E-state index contributed by atoms with van der Waals surface area (Å²) in [5, 5.41) is 8.13. The van der Waals surface area contributed by atoms with Crippen LogP contribution >= 0.6 is 0 Å². The lowest BCUT2D eigenvalue weighted by atomic mass is 10.3. The summed E-state index contributed by atoms with van der Waals surface area (Å²) in [5.41, 5.74) is 0. The molecule has 5 heteroatoms. The summed E-state index contributed by atoms with van der Waals surface area (Å²) in [5.74, 6) is 0. The first-order valence-corrected chi connectivity index (χ1v) is 2.15. The number of aliphatic hydroxyl groups excluding tert-OH is 1. The van der Waals surface area contributed by atoms with Crippen molar-refractivity contribution in [2.75, 3.05) is 6.54 Å². The minimum atomic E-state index is -4.57. The summed E-state index contributed by atoms with van der Waals surface area (Å²) in [6, 6.07) is 0. The lowest BCUT2D eigenvalue weighted by Gasteiger charge is -2.10. The zero-order valence-electron chi connectivity index (χ0n) is 4.52. The Morgan fingerprint density at radius 1 is 1.56 bits per heavy atom. The summed E-state index contributed by atoms with van der Waals surface area (Å²) >= 11 is 0. The standard InChI is InChI=1S/C4H6F3NO/c1-8-2-3(9)4(5,6)7/h3,9H,1-2H2. The molecule has 0 saturated carbocycles. The first-order valence-electron chi connectivity index (χ1n) is 2.15. The topological polar surface area (TPSA) is 32.6 Å². The number of nitrogens with zero attached hydrogens (tertiary/aromatic N) is 1. The van der Waals surface area contributed by atoms with Gasteiger partial charge in [-0.15, -0.1) is 0 Å². The zero-order chi connectivity index (χ0) is 7.49. The van der Waals surface area contributed by atoms with Gasteiger partial charge in [0.2, 0.25) is 0 Å². The Morgan fingerprint density at radius 2 is 2.00 bits per heavy atom. The fourth-order valence-electron chi connectivity index (χ4n) is 0.226. The predicted molar refractivity (Wildman–Crippen MR) is 26.5 cm³/mol. The van der Waals surface area contributed by atoms with E-state index in [1.165, 1.54) is 0 Å². The van der Waals surface area contributed by atoms with Gasteiger partial charge in [-0.05, 0) is 6.72 Å². The fourth-order valence-corrected chi connectivity index (χ4v) is 0.226. The molecule has 54 valence electrons. The molecule has 0 fully saturated rings. The van der Waals surface area contributed by atoms with Gasteiger partial charge in [-0.1, -0.05) is 0 Å². The van der Waals surface area contributed by atoms with Crippen molar-refractivity contribution in [1.82, 2.24) is 0 Å². The average molecular weight is 141 g/mol. The minimum absolute atomic E-state index is 0.691. The van der Waals surface area contributed by atoms with Crippen molar-refractivity contribution < 1.29 is 18.3 Å². The quantitative estimate of drug-likeness (QED) is 0.561. The van der Waals surface area contributed by atoms with E-state index in [4.69, 9.17) is 5.11 Å². The number of rotatable bonds is 2. The highest BCUT2D eigenvalue weighted by Crippen LogP contribution is 2.19. The Labute approximate surface area is 50.0 Å². The summed E-state index contributed by atoms with van der Waals surface area (Å²) in [6.07, 6.45) is -6.93. The molecule has 0 amide bonds. The highest BCUT2D eigenvalue weighted by Gasteiger charge is 2.37. The number of aliphatic imine (C=N–C) groups is 1. The van der Waals surface area contributed by atoms with Crippen LogP contribution in [0.5, 0.6) is 0 Å². The molecule has 0 aliphatic carbocycles. The summed E-state index contributed by atoms with van der Waals surface area (Å²) < 4.78 is 33.9. The Balaban J connectivity index is 3.72. The first kappa shape index (κ1) is 8.42. The van der Waals surface area contributed by atoms with E-state index < -0.39 is 18.8 Å². The second kappa shape index (κ2) is 2.82. The first-order chi connectivity index (χ1) is 3.98. The molecular formula is C4H6F3NO. The van der Waals surface area contributed by atoms with E-state index in [1.54, 1.807) is 0 Å². The van der Waals surface area contributed by atoms with Crippen molar-refractivity contribution in [1.29, 1.82) is 0 Å². The van der Waals surface area contributed by atoms with Crippen molar-refractivity contribution in [3.8, 4) is 0 Å². The highest BCUT2D eigenvalue weighted by molar-refractivity contribution is 5.23. The van der Waals surface area contributed by atoms with Crippen LogP contribution in [-0.4, -0.2) is 30.6 Å². The van der Waals surface area contributed by atoms with Crippen LogP contribution in [-0.2, 0) is 0 Å². The van der Waals surface area contributed by atoms with Gasteiger partial charge in [0, 0.05) is 0 Å². The number of halogens is 3. The maximum atomic E-state index is 11.3. The van der Waals surface area contributed by atoms with E-state index in [0.29, 0.717) is 0 Å². The SMILES string of the molecule is C=NCC(O)C(F)(F)F. The van der Waals surface area contributed by atoms with Gasteiger partial charge < -0.3 is 5.11 Å². The third-order valence-corrected chi connectivity index (χ3v) is 0.680. The van der Waals surface area contributed by atoms with Crippen LogP contribution in [0.15, 0.2) is 4.99 Å². The molecule has 0 aromatic heterocycles. The molecule has 2 nitrogen and oxygen atoms in total. The minimum Gasteiger partial charge on any atom is -0.382 e. The van der Waals surface area contributed by atoms with E-state index in [9.17, 15) is 13.2 Å². The van der Waals surface area contributed by atoms with Crippen LogP contribution in [0.3, 0.4) is 0 Å². The summed E-state index contributed by atoms with van der Waals surface area (Å²) in [7, 11) is 0. The van der Waals surface area contributed by atoms with Crippen molar-refractivity contribution in [2.24, 2.45) is 4.99 Å². The van der Waals surface area contributed by atoms with Gasteiger partial charge in [0.05, 0.1) is 6.54 Å². The molecule has 0 aromatic carbocycles. The van der Waals surface area contributed by atoms with Gasteiger partial charge in [-0.3, -0.25) is 4.99 Å². The summed E-state index contributed by atoms with van der Waals surface area (Å²) in [4.78, 5) is 2.88. The molecule has 0 rings (SSSR count).